The Hall–Kier alpha value is -0.570. The van der Waals surface area contributed by atoms with Gasteiger partial charge in [0.25, 0.3) is 0 Å². The summed E-state index contributed by atoms with van der Waals surface area (Å²) >= 11 is 0. The minimum absolute atomic E-state index is 0.513. The lowest BCUT2D eigenvalue weighted by Gasteiger charge is -2.43. The second-order valence-corrected chi connectivity index (χ2v) is 6.09. The minimum Gasteiger partial charge on any atom is -0.387 e. The molecule has 4 fully saturated rings. The summed E-state index contributed by atoms with van der Waals surface area (Å²) in [5.41, 5.74) is 6.24. The summed E-state index contributed by atoms with van der Waals surface area (Å²) in [6.45, 7) is 3.75. The van der Waals surface area contributed by atoms with Crippen molar-refractivity contribution >= 4 is 5.84 Å². The highest BCUT2D eigenvalue weighted by Crippen LogP contribution is 2.31. The van der Waals surface area contributed by atoms with Gasteiger partial charge in [-0.2, -0.15) is 0 Å². The van der Waals surface area contributed by atoms with Crippen LogP contribution < -0.4 is 5.73 Å². The molecule has 1 aliphatic carbocycles. The molecule has 2 N–H and O–H groups in total. The lowest BCUT2D eigenvalue weighted by molar-refractivity contribution is 0.0903. The van der Waals surface area contributed by atoms with E-state index in [1.54, 1.807) is 0 Å². The Labute approximate surface area is 104 Å². The van der Waals surface area contributed by atoms with Crippen LogP contribution in [0.4, 0.5) is 0 Å². The third kappa shape index (κ3) is 2.49. The van der Waals surface area contributed by atoms with Crippen molar-refractivity contribution in [2.24, 2.45) is 22.6 Å². The van der Waals surface area contributed by atoms with Gasteiger partial charge in [-0.05, 0) is 44.7 Å². The van der Waals surface area contributed by atoms with Crippen LogP contribution in [0.2, 0.25) is 0 Å². The van der Waals surface area contributed by atoms with E-state index in [2.05, 4.69) is 4.90 Å². The number of hydrogen-bond acceptors (Lipinski definition) is 2. The molecule has 17 heavy (non-hydrogen) atoms. The number of aliphatic imine (C=N–C) groups is 1. The number of fused-ring (bicyclic) bond motifs is 3. The fourth-order valence-electron chi connectivity index (χ4n) is 3.78. The molecule has 2 bridgehead atoms. The second-order valence-electron chi connectivity index (χ2n) is 6.09. The molecule has 4 aliphatic rings. The van der Waals surface area contributed by atoms with Crippen LogP contribution in [0, 0.1) is 11.8 Å². The minimum atomic E-state index is 0.513. The monoisotopic (exact) mass is 235 g/mol. The molecule has 3 heterocycles. The van der Waals surface area contributed by atoms with E-state index < -0.39 is 0 Å². The summed E-state index contributed by atoms with van der Waals surface area (Å²) in [5, 5.41) is 0. The molecule has 4 rings (SSSR count). The highest BCUT2D eigenvalue weighted by atomic mass is 15.2. The molecule has 0 spiro atoms. The normalized spacial score (nSPS) is 39.5. The average Bonchev–Trinajstić information content (AvgIpc) is 2.41. The SMILES string of the molecule is NC(=NC1CN2CCC1CC2)C1CCCCC1. The van der Waals surface area contributed by atoms with Crippen molar-refractivity contribution in [2.45, 2.75) is 51.0 Å². The molecule has 96 valence electrons. The Balaban J connectivity index is 1.64. The van der Waals surface area contributed by atoms with Crippen LogP contribution in [0.25, 0.3) is 0 Å². The van der Waals surface area contributed by atoms with Crippen molar-refractivity contribution in [2.75, 3.05) is 19.6 Å². The van der Waals surface area contributed by atoms with Gasteiger partial charge in [0.05, 0.1) is 11.9 Å². The topological polar surface area (TPSA) is 41.6 Å². The van der Waals surface area contributed by atoms with Crippen LogP contribution in [0.5, 0.6) is 0 Å². The Morgan fingerprint density at radius 1 is 1.00 bits per heavy atom. The third-order valence-electron chi connectivity index (χ3n) is 4.96. The first-order chi connectivity index (χ1) is 8.33. The van der Waals surface area contributed by atoms with Gasteiger partial charge < -0.3 is 10.6 Å². The number of nitrogens with two attached hydrogens (primary N) is 1. The molecule has 3 heteroatoms. The van der Waals surface area contributed by atoms with Crippen molar-refractivity contribution in [1.82, 2.24) is 4.90 Å². The van der Waals surface area contributed by atoms with Crippen LogP contribution >= 0.6 is 0 Å². The Morgan fingerprint density at radius 3 is 2.29 bits per heavy atom. The lowest BCUT2D eigenvalue weighted by Crippen LogP contribution is -2.50. The fraction of sp³-hybridized carbons (Fsp3) is 0.929. The highest BCUT2D eigenvalue weighted by molar-refractivity contribution is 5.83. The first kappa shape index (κ1) is 11.5. The van der Waals surface area contributed by atoms with Crippen LogP contribution in [0.3, 0.4) is 0 Å². The van der Waals surface area contributed by atoms with Gasteiger partial charge in [0.1, 0.15) is 0 Å². The maximum Gasteiger partial charge on any atom is 0.0972 e. The van der Waals surface area contributed by atoms with Crippen molar-refractivity contribution in [3.05, 3.63) is 0 Å². The molecule has 3 saturated heterocycles. The first-order valence-electron chi connectivity index (χ1n) is 7.38. The van der Waals surface area contributed by atoms with Gasteiger partial charge in [0.2, 0.25) is 0 Å². The third-order valence-corrected chi connectivity index (χ3v) is 4.96. The molecular formula is C14H25N3. The van der Waals surface area contributed by atoms with E-state index in [0.29, 0.717) is 12.0 Å². The van der Waals surface area contributed by atoms with Gasteiger partial charge in [-0.15, -0.1) is 0 Å². The van der Waals surface area contributed by atoms with E-state index in [-0.39, 0.29) is 0 Å². The van der Waals surface area contributed by atoms with Crippen LogP contribution in [0.1, 0.15) is 44.9 Å². The van der Waals surface area contributed by atoms with Gasteiger partial charge in [-0.1, -0.05) is 19.3 Å². The molecule has 3 aliphatic heterocycles. The molecule has 1 unspecified atom stereocenters. The van der Waals surface area contributed by atoms with Crippen molar-refractivity contribution in [1.29, 1.82) is 0 Å². The number of rotatable bonds is 2. The molecule has 0 aromatic rings. The summed E-state index contributed by atoms with van der Waals surface area (Å²) in [5.74, 6) is 2.39. The zero-order chi connectivity index (χ0) is 11.7. The van der Waals surface area contributed by atoms with Crippen molar-refractivity contribution < 1.29 is 0 Å². The summed E-state index contributed by atoms with van der Waals surface area (Å²) < 4.78 is 0. The molecule has 0 aromatic carbocycles. The predicted octanol–water partition coefficient (Wildman–Crippen LogP) is 2.02. The summed E-state index contributed by atoms with van der Waals surface area (Å²) in [6.07, 6.45) is 9.32. The summed E-state index contributed by atoms with van der Waals surface area (Å²) in [4.78, 5) is 7.45. The standard InChI is InChI=1S/C14H25N3/c15-14(12-4-2-1-3-5-12)16-13-10-17-8-6-11(13)7-9-17/h11-13H,1-10H2,(H2,15,16). The highest BCUT2D eigenvalue weighted by Gasteiger charge is 2.34. The Bertz CT molecular complexity index is 286. The van der Waals surface area contributed by atoms with E-state index >= 15 is 0 Å². The van der Waals surface area contributed by atoms with Gasteiger partial charge in [-0.25, -0.2) is 0 Å². The quantitative estimate of drug-likeness (QED) is 0.587. The maximum absolute atomic E-state index is 6.24. The largest absolute Gasteiger partial charge is 0.387 e. The smallest absolute Gasteiger partial charge is 0.0972 e. The van der Waals surface area contributed by atoms with E-state index in [1.165, 1.54) is 58.0 Å². The Morgan fingerprint density at radius 2 is 1.71 bits per heavy atom. The van der Waals surface area contributed by atoms with E-state index in [1.807, 2.05) is 0 Å². The van der Waals surface area contributed by atoms with Gasteiger partial charge in [-0.3, -0.25) is 4.99 Å². The predicted molar refractivity (Wildman–Crippen MR) is 71.1 cm³/mol. The number of nitrogens with zero attached hydrogens (tertiary/aromatic N) is 2. The fourth-order valence-corrected chi connectivity index (χ4v) is 3.78. The number of hydrogen-bond donors (Lipinski definition) is 1. The van der Waals surface area contributed by atoms with Gasteiger partial charge in [0, 0.05) is 12.5 Å². The van der Waals surface area contributed by atoms with E-state index in [9.17, 15) is 0 Å². The molecule has 1 saturated carbocycles. The molecule has 0 aromatic heterocycles. The van der Waals surface area contributed by atoms with Crippen LogP contribution in [-0.2, 0) is 0 Å². The molecule has 3 nitrogen and oxygen atoms in total. The average molecular weight is 235 g/mol. The van der Waals surface area contributed by atoms with E-state index in [0.717, 1.165) is 18.3 Å². The molecule has 0 amide bonds. The number of amidine groups is 1. The zero-order valence-electron chi connectivity index (χ0n) is 10.8. The van der Waals surface area contributed by atoms with Crippen molar-refractivity contribution in [3.63, 3.8) is 0 Å². The molecule has 1 atom stereocenters. The van der Waals surface area contributed by atoms with Crippen molar-refractivity contribution in [3.8, 4) is 0 Å². The Kier molecular flexibility index (Phi) is 3.37. The number of piperidine rings is 3. The van der Waals surface area contributed by atoms with Crippen LogP contribution in [0.15, 0.2) is 4.99 Å². The van der Waals surface area contributed by atoms with Crippen LogP contribution in [-0.4, -0.2) is 36.4 Å². The first-order valence-corrected chi connectivity index (χ1v) is 7.38. The van der Waals surface area contributed by atoms with Gasteiger partial charge >= 0.3 is 0 Å². The lowest BCUT2D eigenvalue weighted by atomic mass is 9.83. The molecule has 0 radical (unpaired) electrons. The summed E-state index contributed by atoms with van der Waals surface area (Å²) in [7, 11) is 0. The van der Waals surface area contributed by atoms with E-state index in [4.69, 9.17) is 10.7 Å². The maximum atomic E-state index is 6.24. The van der Waals surface area contributed by atoms with Gasteiger partial charge in [0.15, 0.2) is 0 Å². The zero-order valence-corrected chi connectivity index (χ0v) is 10.8. The second kappa shape index (κ2) is 4.97. The summed E-state index contributed by atoms with van der Waals surface area (Å²) in [6, 6.07) is 0.513. The molecular weight excluding hydrogens is 210 g/mol.